The Balaban J connectivity index is 1.42. The van der Waals surface area contributed by atoms with Crippen LogP contribution in [0.2, 0.25) is 0 Å². The van der Waals surface area contributed by atoms with E-state index in [1.54, 1.807) is 11.0 Å². The topological polar surface area (TPSA) is 35.7 Å². The molecule has 2 bridgehead atoms. The highest BCUT2D eigenvalue weighted by atomic mass is 16.5. The standard InChI is InChI=1S/C26H28N2O2/c29-25-8-7-24(21-6-5-19-3-1-2-4-20(19)14-21)26-22-13-18(16-28(25)26)15-27(17-22)23-9-11-30-12-10-23/h1-8,14,18,22-23H,9-13,15-17H2/p+1/t18-,22+/m0/s1. The van der Waals surface area contributed by atoms with Crippen molar-refractivity contribution in [3.8, 4) is 11.1 Å². The van der Waals surface area contributed by atoms with Gasteiger partial charge in [-0.2, -0.15) is 0 Å². The number of nitrogens with one attached hydrogen (secondary N) is 1. The first-order chi connectivity index (χ1) is 14.8. The number of fused-ring (bicyclic) bond motifs is 5. The number of hydrogen-bond acceptors (Lipinski definition) is 2. The molecule has 3 atom stereocenters. The molecule has 3 aliphatic rings. The van der Waals surface area contributed by atoms with Gasteiger partial charge in [0.15, 0.2) is 0 Å². The average molecular weight is 402 g/mol. The average Bonchev–Trinajstić information content (AvgIpc) is 2.80. The summed E-state index contributed by atoms with van der Waals surface area (Å²) < 4.78 is 7.71. The SMILES string of the molecule is O=c1ccc(-c2ccc3ccccc3c2)c2n1C[C@H]1C[C@@H]2C[NH+](C2CCOCC2)C1. The van der Waals surface area contributed by atoms with Crippen LogP contribution in [0.3, 0.4) is 0 Å². The zero-order valence-corrected chi connectivity index (χ0v) is 17.3. The normalized spacial score (nSPS) is 26.5. The van der Waals surface area contributed by atoms with Gasteiger partial charge >= 0.3 is 0 Å². The van der Waals surface area contributed by atoms with Crippen LogP contribution in [0, 0.1) is 5.92 Å². The van der Waals surface area contributed by atoms with Gasteiger partial charge in [0, 0.05) is 48.5 Å². The lowest BCUT2D eigenvalue weighted by atomic mass is 9.79. The molecule has 4 nitrogen and oxygen atoms in total. The number of ether oxygens (including phenoxy) is 1. The first kappa shape index (κ1) is 18.3. The molecule has 1 unspecified atom stereocenters. The number of hydrogen-bond donors (Lipinski definition) is 1. The maximum Gasteiger partial charge on any atom is 0.250 e. The summed E-state index contributed by atoms with van der Waals surface area (Å²) in [6, 6.07) is 19.8. The van der Waals surface area contributed by atoms with Crippen LogP contribution >= 0.6 is 0 Å². The van der Waals surface area contributed by atoms with Crippen molar-refractivity contribution < 1.29 is 9.64 Å². The first-order valence-corrected chi connectivity index (χ1v) is 11.4. The Morgan fingerprint density at radius 2 is 1.77 bits per heavy atom. The van der Waals surface area contributed by atoms with E-state index in [1.807, 2.05) is 0 Å². The van der Waals surface area contributed by atoms with Crippen molar-refractivity contribution in [2.24, 2.45) is 5.92 Å². The summed E-state index contributed by atoms with van der Waals surface area (Å²) in [6.07, 6.45) is 3.57. The number of nitrogens with zero attached hydrogens (tertiary/aromatic N) is 1. The van der Waals surface area contributed by atoms with E-state index in [-0.39, 0.29) is 5.56 Å². The number of benzene rings is 2. The van der Waals surface area contributed by atoms with Crippen molar-refractivity contribution in [2.45, 2.75) is 37.8 Å². The van der Waals surface area contributed by atoms with Crippen LogP contribution in [0.5, 0.6) is 0 Å². The summed E-state index contributed by atoms with van der Waals surface area (Å²) in [5.74, 6) is 1.07. The second kappa shape index (κ2) is 7.36. The number of pyridine rings is 1. The molecule has 3 aromatic rings. The Morgan fingerprint density at radius 1 is 0.933 bits per heavy atom. The molecule has 2 saturated heterocycles. The zero-order valence-electron chi connectivity index (χ0n) is 17.3. The van der Waals surface area contributed by atoms with Gasteiger partial charge in [-0.25, -0.2) is 0 Å². The number of quaternary nitrogens is 1. The minimum absolute atomic E-state index is 0.166. The van der Waals surface area contributed by atoms with Crippen molar-refractivity contribution in [1.29, 1.82) is 0 Å². The largest absolute Gasteiger partial charge is 0.381 e. The van der Waals surface area contributed by atoms with Gasteiger partial charge in [-0.05, 0) is 34.9 Å². The molecule has 4 heteroatoms. The molecule has 3 aliphatic heterocycles. The van der Waals surface area contributed by atoms with Crippen LogP contribution in [0.4, 0.5) is 0 Å². The van der Waals surface area contributed by atoms with E-state index < -0.39 is 0 Å². The van der Waals surface area contributed by atoms with Crippen LogP contribution in [0.1, 0.15) is 30.9 Å². The summed E-state index contributed by atoms with van der Waals surface area (Å²) in [6.45, 7) is 5.03. The summed E-state index contributed by atoms with van der Waals surface area (Å²) >= 11 is 0. The summed E-state index contributed by atoms with van der Waals surface area (Å²) in [5.41, 5.74) is 3.92. The van der Waals surface area contributed by atoms with Gasteiger partial charge in [-0.1, -0.05) is 36.4 Å². The lowest BCUT2D eigenvalue weighted by Gasteiger charge is -2.44. The van der Waals surface area contributed by atoms with Crippen LogP contribution in [-0.4, -0.2) is 36.9 Å². The molecule has 30 heavy (non-hydrogen) atoms. The van der Waals surface area contributed by atoms with Gasteiger partial charge in [0.05, 0.1) is 32.3 Å². The molecule has 0 spiro atoms. The summed E-state index contributed by atoms with van der Waals surface area (Å²) in [4.78, 5) is 14.6. The molecule has 2 aromatic carbocycles. The monoisotopic (exact) mass is 401 g/mol. The number of piperidine rings is 1. The Hall–Kier alpha value is -2.43. The fraction of sp³-hybridized carbons (Fsp3) is 0.423. The van der Waals surface area contributed by atoms with E-state index in [0.717, 1.165) is 32.3 Å². The lowest BCUT2D eigenvalue weighted by Crippen LogP contribution is -3.18. The van der Waals surface area contributed by atoms with Gasteiger partial charge in [0.2, 0.25) is 0 Å². The fourth-order valence-corrected chi connectivity index (χ4v) is 6.21. The predicted molar refractivity (Wildman–Crippen MR) is 119 cm³/mol. The minimum atomic E-state index is 0.166. The van der Waals surface area contributed by atoms with Crippen LogP contribution < -0.4 is 10.5 Å². The van der Waals surface area contributed by atoms with Gasteiger partial charge in [-0.15, -0.1) is 0 Å². The van der Waals surface area contributed by atoms with E-state index in [4.69, 9.17) is 4.74 Å². The maximum atomic E-state index is 12.8. The van der Waals surface area contributed by atoms with E-state index in [0.29, 0.717) is 11.8 Å². The lowest BCUT2D eigenvalue weighted by molar-refractivity contribution is -0.937. The second-order valence-corrected chi connectivity index (χ2v) is 9.39. The van der Waals surface area contributed by atoms with Crippen LogP contribution in [0.25, 0.3) is 21.9 Å². The molecule has 0 aliphatic carbocycles. The predicted octanol–water partition coefficient (Wildman–Crippen LogP) is 2.85. The maximum absolute atomic E-state index is 12.8. The molecule has 1 N–H and O–H groups in total. The molecule has 0 amide bonds. The van der Waals surface area contributed by atoms with E-state index >= 15 is 0 Å². The molecule has 1 aromatic heterocycles. The number of rotatable bonds is 2. The molecular formula is C26H29N2O2+. The Bertz CT molecular complexity index is 1150. The highest BCUT2D eigenvalue weighted by molar-refractivity contribution is 5.87. The number of likely N-dealkylation sites (tertiary alicyclic amines) is 1. The molecule has 2 fully saturated rings. The Morgan fingerprint density at radius 3 is 2.63 bits per heavy atom. The highest BCUT2D eigenvalue weighted by Gasteiger charge is 2.41. The molecule has 0 radical (unpaired) electrons. The van der Waals surface area contributed by atoms with Gasteiger partial charge in [-0.3, -0.25) is 4.79 Å². The van der Waals surface area contributed by atoms with Crippen LogP contribution in [0.15, 0.2) is 59.4 Å². The van der Waals surface area contributed by atoms with Crippen molar-refractivity contribution in [3.63, 3.8) is 0 Å². The van der Waals surface area contributed by atoms with Gasteiger partial charge in [0.25, 0.3) is 5.56 Å². The van der Waals surface area contributed by atoms with Crippen molar-refractivity contribution in [2.75, 3.05) is 26.3 Å². The third kappa shape index (κ3) is 3.10. The highest BCUT2D eigenvalue weighted by Crippen LogP contribution is 2.37. The van der Waals surface area contributed by atoms with Crippen molar-refractivity contribution >= 4 is 10.8 Å². The Kier molecular flexibility index (Phi) is 4.50. The van der Waals surface area contributed by atoms with E-state index in [9.17, 15) is 4.79 Å². The summed E-state index contributed by atoms with van der Waals surface area (Å²) in [5, 5.41) is 2.52. The smallest absolute Gasteiger partial charge is 0.250 e. The molecule has 6 rings (SSSR count). The van der Waals surface area contributed by atoms with E-state index in [2.05, 4.69) is 53.1 Å². The van der Waals surface area contributed by atoms with E-state index in [1.165, 1.54) is 53.4 Å². The molecular weight excluding hydrogens is 372 g/mol. The van der Waals surface area contributed by atoms with Crippen molar-refractivity contribution in [3.05, 3.63) is 70.6 Å². The molecule has 4 heterocycles. The third-order valence-corrected chi connectivity index (χ3v) is 7.59. The van der Waals surface area contributed by atoms with Gasteiger partial charge in [0.1, 0.15) is 0 Å². The molecule has 154 valence electrons. The number of aromatic nitrogens is 1. The second-order valence-electron chi connectivity index (χ2n) is 9.39. The molecule has 0 saturated carbocycles. The minimum Gasteiger partial charge on any atom is -0.381 e. The quantitative estimate of drug-likeness (QED) is 0.717. The van der Waals surface area contributed by atoms with Crippen molar-refractivity contribution in [1.82, 2.24) is 4.57 Å². The van der Waals surface area contributed by atoms with Crippen LogP contribution in [-0.2, 0) is 11.3 Å². The van der Waals surface area contributed by atoms with Gasteiger partial charge < -0.3 is 14.2 Å². The fourth-order valence-electron chi connectivity index (χ4n) is 6.21. The zero-order chi connectivity index (χ0) is 20.1. The Labute approximate surface area is 177 Å². The first-order valence-electron chi connectivity index (χ1n) is 11.4. The summed E-state index contributed by atoms with van der Waals surface area (Å²) in [7, 11) is 0. The third-order valence-electron chi connectivity index (χ3n) is 7.59.